The van der Waals surface area contributed by atoms with E-state index < -0.39 is 0 Å². The van der Waals surface area contributed by atoms with Crippen molar-refractivity contribution in [3.05, 3.63) is 120 Å². The van der Waals surface area contributed by atoms with Crippen LogP contribution in [0.25, 0.3) is 12.2 Å². The van der Waals surface area contributed by atoms with E-state index in [1.807, 2.05) is 0 Å². The summed E-state index contributed by atoms with van der Waals surface area (Å²) < 4.78 is 0. The topological polar surface area (TPSA) is 0 Å². The molecule has 136 valence electrons. The number of hydrogen-bond donors (Lipinski definition) is 0. The number of benzene rings is 4. The van der Waals surface area contributed by atoms with E-state index in [1.54, 1.807) is 0 Å². The average molecular weight is 396 g/mol. The first-order chi connectivity index (χ1) is 13.8. The average Bonchev–Trinajstić information content (AvgIpc) is 2.74. The van der Waals surface area contributed by atoms with Crippen molar-refractivity contribution in [3.63, 3.8) is 0 Å². The van der Waals surface area contributed by atoms with Crippen molar-refractivity contribution in [2.75, 3.05) is 0 Å². The quantitative estimate of drug-likeness (QED) is 0.314. The molecule has 0 aliphatic rings. The van der Waals surface area contributed by atoms with Gasteiger partial charge in [0.15, 0.2) is 0 Å². The zero-order valence-corrected chi connectivity index (χ0v) is 17.5. The molecular weight excluding hydrogens is 374 g/mol. The molecule has 0 saturated heterocycles. The molecule has 0 aliphatic carbocycles. The molecule has 0 aliphatic heterocycles. The summed E-state index contributed by atoms with van der Waals surface area (Å²) in [6.07, 6.45) is 4.42. The molecule has 0 spiro atoms. The second kappa shape index (κ2) is 9.61. The van der Waals surface area contributed by atoms with Crippen molar-refractivity contribution < 1.29 is 0 Å². The van der Waals surface area contributed by atoms with Crippen molar-refractivity contribution in [3.8, 4) is 0 Å². The van der Waals surface area contributed by atoms with Gasteiger partial charge in [0.05, 0.1) is 0 Å². The Morgan fingerprint density at radius 1 is 0.393 bits per heavy atom. The molecule has 0 saturated carbocycles. The molecule has 4 aromatic rings. The maximum absolute atomic E-state index is 2.29. The summed E-state index contributed by atoms with van der Waals surface area (Å²) in [5.41, 5.74) is 2.49. The molecule has 0 bridgehead atoms. The first-order valence-electron chi connectivity index (χ1n) is 9.37. The Morgan fingerprint density at radius 2 is 0.786 bits per heavy atom. The Balaban J connectivity index is 1.47. The van der Waals surface area contributed by atoms with Gasteiger partial charge < -0.3 is 0 Å². The number of hydrogen-bond acceptors (Lipinski definition) is 0. The van der Waals surface area contributed by atoms with Gasteiger partial charge in [-0.3, -0.25) is 0 Å². The van der Waals surface area contributed by atoms with E-state index in [-0.39, 0.29) is 0 Å². The minimum atomic E-state index is 0.693. The third-order valence-corrected chi connectivity index (χ3v) is 6.81. The molecule has 2 unspecified atom stereocenters. The Kier molecular flexibility index (Phi) is 6.46. The van der Waals surface area contributed by atoms with E-state index in [4.69, 9.17) is 0 Å². The van der Waals surface area contributed by atoms with Crippen LogP contribution in [0, 0.1) is 0 Å². The lowest BCUT2D eigenvalue weighted by Gasteiger charge is -2.04. The maximum Gasteiger partial charge on any atom is -0.0220 e. The van der Waals surface area contributed by atoms with E-state index in [2.05, 4.69) is 121 Å². The van der Waals surface area contributed by atoms with Crippen LogP contribution in [0.1, 0.15) is 11.1 Å². The van der Waals surface area contributed by atoms with Gasteiger partial charge in [-0.05, 0) is 44.5 Å². The van der Waals surface area contributed by atoms with Gasteiger partial charge in [0.1, 0.15) is 0 Å². The predicted molar refractivity (Wildman–Crippen MR) is 130 cm³/mol. The second-order valence-corrected chi connectivity index (χ2v) is 9.38. The summed E-state index contributed by atoms with van der Waals surface area (Å²) in [4.78, 5) is 0. The lowest BCUT2D eigenvalue weighted by molar-refractivity contribution is 1.69. The van der Waals surface area contributed by atoms with Crippen molar-refractivity contribution in [1.29, 1.82) is 0 Å². The summed E-state index contributed by atoms with van der Waals surface area (Å²) in [5, 5.41) is 5.48. The van der Waals surface area contributed by atoms with Gasteiger partial charge >= 0.3 is 0 Å². The summed E-state index contributed by atoms with van der Waals surface area (Å²) in [7, 11) is 1.39. The van der Waals surface area contributed by atoms with Crippen molar-refractivity contribution >= 4 is 50.5 Å². The van der Waals surface area contributed by atoms with Gasteiger partial charge in [-0.25, -0.2) is 0 Å². The molecule has 0 heterocycles. The van der Waals surface area contributed by atoms with Crippen LogP contribution >= 0.6 is 17.2 Å². The Bertz CT molecular complexity index is 967. The summed E-state index contributed by atoms with van der Waals surface area (Å²) in [6, 6.07) is 39.0. The van der Waals surface area contributed by atoms with E-state index >= 15 is 0 Å². The van der Waals surface area contributed by atoms with E-state index in [9.17, 15) is 0 Å². The molecule has 28 heavy (non-hydrogen) atoms. The fraction of sp³-hybridized carbons (Fsp3) is 0. The SMILES string of the molecule is C(=C\c1cccc(Pc2ccccc2)c1)/c1cccc(Pc2ccccc2)c1. The van der Waals surface area contributed by atoms with Crippen LogP contribution in [0.2, 0.25) is 0 Å². The van der Waals surface area contributed by atoms with Crippen LogP contribution in [-0.4, -0.2) is 0 Å². The van der Waals surface area contributed by atoms with Crippen LogP contribution in [0.15, 0.2) is 109 Å². The fourth-order valence-corrected chi connectivity index (χ4v) is 5.23. The van der Waals surface area contributed by atoms with E-state index in [1.165, 1.54) is 32.3 Å². The zero-order valence-electron chi connectivity index (χ0n) is 15.5. The highest BCUT2D eigenvalue weighted by Crippen LogP contribution is 2.15. The summed E-state index contributed by atoms with van der Waals surface area (Å²) >= 11 is 0. The van der Waals surface area contributed by atoms with Gasteiger partial charge in [0, 0.05) is 0 Å². The number of rotatable bonds is 6. The van der Waals surface area contributed by atoms with Gasteiger partial charge in [0.25, 0.3) is 0 Å². The highest BCUT2D eigenvalue weighted by Gasteiger charge is 1.98. The molecule has 0 N–H and O–H groups in total. The van der Waals surface area contributed by atoms with Crippen LogP contribution in [0.3, 0.4) is 0 Å². The molecule has 2 heteroatoms. The minimum absolute atomic E-state index is 0.693. The third-order valence-electron chi connectivity index (χ3n) is 4.37. The molecule has 0 fully saturated rings. The monoisotopic (exact) mass is 396 g/mol. The minimum Gasteiger partial charge on any atom is -0.0622 e. The summed E-state index contributed by atoms with van der Waals surface area (Å²) in [6.45, 7) is 0. The van der Waals surface area contributed by atoms with Crippen molar-refractivity contribution in [1.82, 2.24) is 0 Å². The smallest absolute Gasteiger partial charge is 0.0220 e. The van der Waals surface area contributed by atoms with Gasteiger partial charge in [-0.15, -0.1) is 0 Å². The molecule has 4 rings (SSSR count). The molecular formula is C26H22P2. The lowest BCUT2D eigenvalue weighted by atomic mass is 10.1. The van der Waals surface area contributed by atoms with Crippen LogP contribution in [-0.2, 0) is 0 Å². The summed E-state index contributed by atoms with van der Waals surface area (Å²) in [5.74, 6) is 0. The third kappa shape index (κ3) is 5.49. The normalized spacial score (nSPS) is 11.9. The highest BCUT2D eigenvalue weighted by molar-refractivity contribution is 7.55. The van der Waals surface area contributed by atoms with E-state index in [0.29, 0.717) is 17.2 Å². The molecule has 0 radical (unpaired) electrons. The van der Waals surface area contributed by atoms with Crippen LogP contribution in [0.4, 0.5) is 0 Å². The molecule has 2 atom stereocenters. The van der Waals surface area contributed by atoms with Gasteiger partial charge in [0.2, 0.25) is 0 Å². The van der Waals surface area contributed by atoms with Crippen LogP contribution < -0.4 is 21.2 Å². The zero-order chi connectivity index (χ0) is 19.0. The van der Waals surface area contributed by atoms with Crippen molar-refractivity contribution in [2.45, 2.75) is 0 Å². The van der Waals surface area contributed by atoms with Gasteiger partial charge in [-0.1, -0.05) is 126 Å². The standard InChI is InChI=1S/C26H22P2/c1-3-11-23(12-4-1)27-25-15-7-9-21(19-25)17-18-22-10-8-16-26(20-22)28-24-13-5-2-6-14-24/h1-20,27-28H/b18-17+. The van der Waals surface area contributed by atoms with Crippen molar-refractivity contribution in [2.24, 2.45) is 0 Å². The Hall–Kier alpha value is -2.52. The molecule has 0 nitrogen and oxygen atoms in total. The second-order valence-electron chi connectivity index (χ2n) is 6.57. The predicted octanol–water partition coefficient (Wildman–Crippen LogP) is 5.12. The largest absolute Gasteiger partial charge is 0.0622 e. The fourth-order valence-electron chi connectivity index (χ4n) is 3.01. The van der Waals surface area contributed by atoms with Gasteiger partial charge in [-0.2, -0.15) is 0 Å². The Morgan fingerprint density at radius 3 is 1.21 bits per heavy atom. The molecule has 0 amide bonds. The van der Waals surface area contributed by atoms with E-state index in [0.717, 1.165) is 0 Å². The lowest BCUT2D eigenvalue weighted by Crippen LogP contribution is -2.03. The Labute approximate surface area is 170 Å². The van der Waals surface area contributed by atoms with Crippen LogP contribution in [0.5, 0.6) is 0 Å². The first-order valence-corrected chi connectivity index (χ1v) is 11.4. The maximum atomic E-state index is 2.29. The molecule has 4 aromatic carbocycles. The first kappa shape index (κ1) is 18.8. The highest BCUT2D eigenvalue weighted by atomic mass is 31.1. The molecule has 0 aromatic heterocycles.